The predicted molar refractivity (Wildman–Crippen MR) is 162 cm³/mol. The number of carboxylic acid groups (broad SMARTS) is 1. The maximum Gasteiger partial charge on any atom is 0.371 e. The Morgan fingerprint density at radius 3 is 2.50 bits per heavy atom. The number of carbonyl (C=O) groups is 1. The van der Waals surface area contributed by atoms with Gasteiger partial charge in [0, 0.05) is 24.1 Å². The molecule has 1 saturated carbocycles. The Morgan fingerprint density at radius 2 is 1.73 bits per heavy atom. The van der Waals surface area contributed by atoms with Crippen molar-refractivity contribution in [2.75, 3.05) is 6.54 Å². The van der Waals surface area contributed by atoms with Crippen LogP contribution in [0.25, 0.3) is 16.8 Å². The summed E-state index contributed by atoms with van der Waals surface area (Å²) in [4.78, 5) is 11.4. The van der Waals surface area contributed by atoms with Gasteiger partial charge < -0.3 is 9.52 Å². The van der Waals surface area contributed by atoms with Crippen LogP contribution in [0, 0.1) is 5.92 Å². The summed E-state index contributed by atoms with van der Waals surface area (Å²) in [6, 6.07) is 27.3. The highest BCUT2D eigenvalue weighted by atomic mass is 16.4. The molecule has 2 aliphatic rings. The standard InChI is InChI=1S/C36H37NO3/c1-36(25-27-14-3-2-4-15-27)33(23-20-29-19-22-32(40-29)35(38)39)37(24-10-9-13-26-11-5-6-12-26)31-21-18-28-16-7-8-17-30(28)34(31)36/h2-4,7-8,14-23,26H,5-6,9-13,24-25H2,1H3/p+1/b23-20+. The molecule has 4 aromatic rings. The highest BCUT2D eigenvalue weighted by Crippen LogP contribution is 2.46. The predicted octanol–water partition coefficient (Wildman–Crippen LogP) is 8.80. The molecule has 0 spiro atoms. The number of hydrogen-bond acceptors (Lipinski definition) is 2. The molecule has 1 aliphatic carbocycles. The minimum atomic E-state index is -1.05. The fourth-order valence-corrected chi connectivity index (χ4v) is 7.04. The summed E-state index contributed by atoms with van der Waals surface area (Å²) in [5.41, 5.74) is 4.90. The number of unbranched alkanes of at least 4 members (excludes halogenated alkanes) is 1. The van der Waals surface area contributed by atoms with Crippen molar-refractivity contribution in [3.63, 3.8) is 0 Å². The van der Waals surface area contributed by atoms with E-state index in [1.54, 1.807) is 6.07 Å². The van der Waals surface area contributed by atoms with Gasteiger partial charge in [0.25, 0.3) is 0 Å². The quantitative estimate of drug-likeness (QED) is 0.164. The van der Waals surface area contributed by atoms with Gasteiger partial charge in [0.05, 0.1) is 5.41 Å². The van der Waals surface area contributed by atoms with E-state index in [0.29, 0.717) is 5.76 Å². The summed E-state index contributed by atoms with van der Waals surface area (Å²) in [6.07, 6.45) is 14.3. The smallest absolute Gasteiger partial charge is 0.371 e. The van der Waals surface area contributed by atoms with Crippen LogP contribution < -0.4 is 0 Å². The number of nitrogens with zero attached hydrogens (tertiary/aromatic N) is 1. The van der Waals surface area contributed by atoms with Crippen LogP contribution in [0.1, 0.15) is 79.3 Å². The van der Waals surface area contributed by atoms with Crippen molar-refractivity contribution in [3.8, 4) is 0 Å². The molecule has 0 radical (unpaired) electrons. The number of rotatable bonds is 10. The molecule has 1 N–H and O–H groups in total. The molecule has 1 aliphatic heterocycles. The Kier molecular flexibility index (Phi) is 7.42. The van der Waals surface area contributed by atoms with E-state index >= 15 is 0 Å². The number of carboxylic acids is 1. The zero-order valence-corrected chi connectivity index (χ0v) is 23.3. The van der Waals surface area contributed by atoms with Gasteiger partial charge in [-0.05, 0) is 66.3 Å². The Bertz CT molecular complexity index is 1570. The number of allylic oxidation sites excluding steroid dienone is 1. The van der Waals surface area contributed by atoms with E-state index < -0.39 is 5.97 Å². The molecule has 1 atom stereocenters. The lowest BCUT2D eigenvalue weighted by Gasteiger charge is -2.24. The van der Waals surface area contributed by atoms with E-state index in [9.17, 15) is 9.90 Å². The molecule has 204 valence electrons. The minimum Gasteiger partial charge on any atom is -0.475 e. The van der Waals surface area contributed by atoms with Crippen molar-refractivity contribution in [3.05, 3.63) is 108 Å². The molecule has 0 saturated heterocycles. The molecule has 1 aromatic heterocycles. The average Bonchev–Trinajstić information content (AvgIpc) is 3.70. The van der Waals surface area contributed by atoms with E-state index in [4.69, 9.17) is 4.42 Å². The highest BCUT2D eigenvalue weighted by Gasteiger charge is 2.48. The summed E-state index contributed by atoms with van der Waals surface area (Å²) in [7, 11) is 0. The number of fused-ring (bicyclic) bond motifs is 3. The normalized spacial score (nSPS) is 19.2. The van der Waals surface area contributed by atoms with Crippen LogP contribution in [0.2, 0.25) is 0 Å². The molecule has 3 aromatic carbocycles. The van der Waals surface area contributed by atoms with E-state index in [2.05, 4.69) is 84.3 Å². The fraction of sp³-hybridized carbons (Fsp3) is 0.333. The molecule has 1 unspecified atom stereocenters. The van der Waals surface area contributed by atoms with Crippen molar-refractivity contribution < 1.29 is 18.9 Å². The van der Waals surface area contributed by atoms with Crippen molar-refractivity contribution >= 4 is 34.2 Å². The van der Waals surface area contributed by atoms with Crippen LogP contribution in [-0.4, -0.2) is 27.9 Å². The second kappa shape index (κ2) is 11.3. The maximum atomic E-state index is 11.4. The molecule has 40 heavy (non-hydrogen) atoms. The second-order valence-electron chi connectivity index (χ2n) is 11.7. The lowest BCUT2D eigenvalue weighted by molar-refractivity contribution is -0.438. The first-order chi connectivity index (χ1) is 19.5. The van der Waals surface area contributed by atoms with Crippen molar-refractivity contribution in [2.45, 2.75) is 63.7 Å². The Balaban J connectivity index is 1.43. The fourth-order valence-electron chi connectivity index (χ4n) is 7.04. The Labute approximate surface area is 236 Å². The largest absolute Gasteiger partial charge is 0.475 e. The summed E-state index contributed by atoms with van der Waals surface area (Å²) < 4.78 is 8.14. The third kappa shape index (κ3) is 5.15. The monoisotopic (exact) mass is 532 g/mol. The van der Waals surface area contributed by atoms with Crippen LogP contribution in [0.5, 0.6) is 0 Å². The molecular formula is C36H38NO3+. The number of hydrogen-bond donors (Lipinski definition) is 1. The number of benzene rings is 3. The number of aromatic carboxylic acids is 1. The first-order valence-electron chi connectivity index (χ1n) is 14.8. The lowest BCUT2D eigenvalue weighted by Crippen LogP contribution is -2.34. The first-order valence-corrected chi connectivity index (χ1v) is 14.8. The molecule has 4 heteroatoms. The van der Waals surface area contributed by atoms with Crippen LogP contribution in [-0.2, 0) is 11.8 Å². The maximum absolute atomic E-state index is 11.4. The van der Waals surface area contributed by atoms with Crippen molar-refractivity contribution in [1.29, 1.82) is 0 Å². The molecule has 0 bridgehead atoms. The Morgan fingerprint density at radius 1 is 0.950 bits per heavy atom. The summed E-state index contributed by atoms with van der Waals surface area (Å²) >= 11 is 0. The van der Waals surface area contributed by atoms with Gasteiger partial charge in [0.1, 0.15) is 12.3 Å². The third-order valence-electron chi connectivity index (χ3n) is 8.97. The van der Waals surface area contributed by atoms with Gasteiger partial charge in [-0.1, -0.05) is 86.7 Å². The molecule has 6 rings (SSSR count). The zero-order valence-electron chi connectivity index (χ0n) is 23.3. The van der Waals surface area contributed by atoms with Crippen LogP contribution in [0.4, 0.5) is 5.69 Å². The van der Waals surface area contributed by atoms with Gasteiger partial charge in [0.15, 0.2) is 5.71 Å². The van der Waals surface area contributed by atoms with E-state index in [0.717, 1.165) is 25.3 Å². The number of furan rings is 1. The lowest BCUT2D eigenvalue weighted by atomic mass is 9.73. The average molecular weight is 533 g/mol. The van der Waals surface area contributed by atoms with Crippen LogP contribution in [0.3, 0.4) is 0 Å². The van der Waals surface area contributed by atoms with Crippen LogP contribution >= 0.6 is 0 Å². The van der Waals surface area contributed by atoms with E-state index in [1.807, 2.05) is 6.08 Å². The van der Waals surface area contributed by atoms with Crippen molar-refractivity contribution in [2.24, 2.45) is 5.92 Å². The van der Waals surface area contributed by atoms with Crippen LogP contribution in [0.15, 0.2) is 89.4 Å². The molecule has 0 amide bonds. The summed E-state index contributed by atoms with van der Waals surface area (Å²) in [5, 5.41) is 11.9. The van der Waals surface area contributed by atoms with Gasteiger partial charge in [0.2, 0.25) is 11.4 Å². The summed E-state index contributed by atoms with van der Waals surface area (Å²) in [6.45, 7) is 3.33. The van der Waals surface area contributed by atoms with Gasteiger partial charge >= 0.3 is 5.97 Å². The summed E-state index contributed by atoms with van der Waals surface area (Å²) in [5.74, 6) is 0.365. The Hall–Kier alpha value is -3.92. The second-order valence-corrected chi connectivity index (χ2v) is 11.7. The zero-order chi connectivity index (χ0) is 27.5. The SMILES string of the molecule is CC1(Cc2ccccc2)C(/C=C/c2ccc(C(=O)O)o2)=[N+](CCCCC2CCCC2)c2ccc3ccccc3c21. The molecule has 1 fully saturated rings. The third-order valence-corrected chi connectivity index (χ3v) is 8.97. The first kappa shape index (κ1) is 26.3. The minimum absolute atomic E-state index is 0.0406. The van der Waals surface area contributed by atoms with Gasteiger partial charge in [-0.3, -0.25) is 0 Å². The van der Waals surface area contributed by atoms with Gasteiger partial charge in [-0.2, -0.15) is 4.58 Å². The molecule has 4 nitrogen and oxygen atoms in total. The van der Waals surface area contributed by atoms with E-state index in [-0.39, 0.29) is 11.2 Å². The highest BCUT2D eigenvalue weighted by molar-refractivity contribution is 6.09. The molecule has 2 heterocycles. The molecular weight excluding hydrogens is 494 g/mol. The van der Waals surface area contributed by atoms with Gasteiger partial charge in [-0.15, -0.1) is 0 Å². The van der Waals surface area contributed by atoms with Gasteiger partial charge in [-0.25, -0.2) is 4.79 Å². The van der Waals surface area contributed by atoms with E-state index in [1.165, 1.54) is 77.9 Å². The van der Waals surface area contributed by atoms with Crippen molar-refractivity contribution in [1.82, 2.24) is 0 Å². The topological polar surface area (TPSA) is 53.4 Å².